The van der Waals surface area contributed by atoms with Crippen molar-refractivity contribution >= 4 is 5.69 Å². The van der Waals surface area contributed by atoms with E-state index in [4.69, 9.17) is 4.74 Å². The summed E-state index contributed by atoms with van der Waals surface area (Å²) in [6.07, 6.45) is 1.75. The lowest BCUT2D eigenvalue weighted by Crippen LogP contribution is -2.38. The summed E-state index contributed by atoms with van der Waals surface area (Å²) in [6, 6.07) is 4.39. The van der Waals surface area contributed by atoms with Crippen molar-refractivity contribution < 1.29 is 4.74 Å². The molecule has 0 saturated carbocycles. The monoisotopic (exact) mass is 164 g/mol. The molecule has 1 aliphatic heterocycles. The van der Waals surface area contributed by atoms with Crippen molar-refractivity contribution in [2.24, 2.45) is 0 Å². The number of nitrogens with zero attached hydrogens (tertiary/aromatic N) is 2. The van der Waals surface area contributed by atoms with Crippen LogP contribution in [-0.4, -0.2) is 24.7 Å². The number of pyridine rings is 1. The van der Waals surface area contributed by atoms with Gasteiger partial charge in [0.2, 0.25) is 5.88 Å². The molecule has 0 radical (unpaired) electrons. The first kappa shape index (κ1) is 7.40. The third-order valence-corrected chi connectivity index (χ3v) is 2.25. The summed E-state index contributed by atoms with van der Waals surface area (Å²) in [5.41, 5.74) is 1.08. The minimum Gasteiger partial charge on any atom is -0.474 e. The third kappa shape index (κ3) is 1.02. The highest BCUT2D eigenvalue weighted by Crippen LogP contribution is 2.29. The highest BCUT2D eigenvalue weighted by molar-refractivity contribution is 5.56. The van der Waals surface area contributed by atoms with Gasteiger partial charge in [0.25, 0.3) is 0 Å². The van der Waals surface area contributed by atoms with Gasteiger partial charge in [-0.1, -0.05) is 0 Å². The van der Waals surface area contributed by atoms with Crippen molar-refractivity contribution in [1.82, 2.24) is 4.98 Å². The first-order chi connectivity index (χ1) is 5.79. The van der Waals surface area contributed by atoms with Gasteiger partial charge >= 0.3 is 0 Å². The van der Waals surface area contributed by atoms with Crippen LogP contribution in [0.5, 0.6) is 5.88 Å². The van der Waals surface area contributed by atoms with Crippen molar-refractivity contribution in [3.8, 4) is 5.88 Å². The fraction of sp³-hybridized carbons (Fsp3) is 0.444. The predicted octanol–water partition coefficient (Wildman–Crippen LogP) is 1.30. The highest BCUT2D eigenvalue weighted by atomic mass is 16.5. The zero-order valence-corrected chi connectivity index (χ0v) is 7.32. The molecule has 0 N–H and O–H groups in total. The molecular weight excluding hydrogens is 152 g/mol. The first-order valence-electron chi connectivity index (χ1n) is 4.09. The van der Waals surface area contributed by atoms with Crippen molar-refractivity contribution in [2.75, 3.05) is 18.6 Å². The summed E-state index contributed by atoms with van der Waals surface area (Å²) in [6.45, 7) is 2.86. The Hall–Kier alpha value is -1.25. The van der Waals surface area contributed by atoms with Crippen LogP contribution in [0.3, 0.4) is 0 Å². The molecule has 3 heteroatoms. The Morgan fingerprint density at radius 3 is 3.33 bits per heavy atom. The Balaban J connectivity index is 2.42. The summed E-state index contributed by atoms with van der Waals surface area (Å²) in [5, 5.41) is 0. The summed E-state index contributed by atoms with van der Waals surface area (Å²) >= 11 is 0. The van der Waals surface area contributed by atoms with Gasteiger partial charge in [-0.15, -0.1) is 0 Å². The summed E-state index contributed by atoms with van der Waals surface area (Å²) in [5.74, 6) is 0.748. The Morgan fingerprint density at radius 2 is 2.50 bits per heavy atom. The van der Waals surface area contributed by atoms with E-state index < -0.39 is 0 Å². The molecule has 12 heavy (non-hydrogen) atoms. The van der Waals surface area contributed by atoms with E-state index in [-0.39, 0.29) is 0 Å². The SMILES string of the molecule is C[C@@H]1COc2ncccc2N1C. The largest absolute Gasteiger partial charge is 0.474 e. The molecule has 0 unspecified atom stereocenters. The summed E-state index contributed by atoms with van der Waals surface area (Å²) < 4.78 is 5.45. The van der Waals surface area contributed by atoms with Crippen LogP contribution in [0, 0.1) is 0 Å². The normalized spacial score (nSPS) is 21.5. The van der Waals surface area contributed by atoms with Gasteiger partial charge in [-0.05, 0) is 19.1 Å². The predicted molar refractivity (Wildman–Crippen MR) is 47.6 cm³/mol. The second-order valence-corrected chi connectivity index (χ2v) is 3.10. The highest BCUT2D eigenvalue weighted by Gasteiger charge is 2.20. The van der Waals surface area contributed by atoms with E-state index >= 15 is 0 Å². The molecule has 0 aromatic carbocycles. The zero-order valence-electron chi connectivity index (χ0n) is 7.32. The zero-order chi connectivity index (χ0) is 8.55. The van der Waals surface area contributed by atoms with Crippen molar-refractivity contribution in [2.45, 2.75) is 13.0 Å². The molecule has 2 rings (SSSR count). The van der Waals surface area contributed by atoms with Crippen LogP contribution in [0.1, 0.15) is 6.92 Å². The number of likely N-dealkylation sites (N-methyl/N-ethyl adjacent to an activating group) is 1. The van der Waals surface area contributed by atoms with Gasteiger partial charge < -0.3 is 9.64 Å². The molecule has 0 saturated heterocycles. The summed E-state index contributed by atoms with van der Waals surface area (Å²) in [7, 11) is 2.06. The minimum atomic E-state index is 0.432. The maximum atomic E-state index is 5.45. The van der Waals surface area contributed by atoms with Crippen LogP contribution >= 0.6 is 0 Å². The quantitative estimate of drug-likeness (QED) is 0.578. The molecule has 0 aliphatic carbocycles. The number of ether oxygens (including phenoxy) is 1. The molecule has 0 fully saturated rings. The van der Waals surface area contributed by atoms with Crippen molar-refractivity contribution in [1.29, 1.82) is 0 Å². The maximum absolute atomic E-state index is 5.45. The molecule has 3 nitrogen and oxygen atoms in total. The van der Waals surface area contributed by atoms with Gasteiger partial charge in [0.1, 0.15) is 6.61 Å². The molecule has 0 bridgehead atoms. The lowest BCUT2D eigenvalue weighted by Gasteiger charge is -2.32. The summed E-state index contributed by atoms with van der Waals surface area (Å²) in [4.78, 5) is 6.33. The lowest BCUT2D eigenvalue weighted by molar-refractivity contribution is 0.264. The van der Waals surface area contributed by atoms with Crippen molar-refractivity contribution in [3.05, 3.63) is 18.3 Å². The van der Waals surface area contributed by atoms with Gasteiger partial charge in [0.05, 0.1) is 11.7 Å². The number of anilines is 1. The van der Waals surface area contributed by atoms with Crippen LogP contribution in [-0.2, 0) is 0 Å². The molecular formula is C9H12N2O. The minimum absolute atomic E-state index is 0.432. The molecule has 2 heterocycles. The lowest BCUT2D eigenvalue weighted by atomic mass is 10.2. The van der Waals surface area contributed by atoms with E-state index in [9.17, 15) is 0 Å². The Kier molecular flexibility index (Phi) is 1.64. The van der Waals surface area contributed by atoms with Crippen LogP contribution in [0.4, 0.5) is 5.69 Å². The number of fused-ring (bicyclic) bond motifs is 1. The van der Waals surface area contributed by atoms with E-state index in [1.807, 2.05) is 12.1 Å². The average Bonchev–Trinajstić information content (AvgIpc) is 2.12. The van der Waals surface area contributed by atoms with E-state index in [1.165, 1.54) is 0 Å². The smallest absolute Gasteiger partial charge is 0.237 e. The third-order valence-electron chi connectivity index (χ3n) is 2.25. The fourth-order valence-electron chi connectivity index (χ4n) is 1.31. The second-order valence-electron chi connectivity index (χ2n) is 3.10. The van der Waals surface area contributed by atoms with Gasteiger partial charge in [-0.3, -0.25) is 0 Å². The standard InChI is InChI=1S/C9H12N2O/c1-7-6-12-9-8(11(7)2)4-3-5-10-9/h3-5,7H,6H2,1-2H3/t7-/m1/s1. The van der Waals surface area contributed by atoms with Gasteiger partial charge in [0.15, 0.2) is 0 Å². The number of hydrogen-bond acceptors (Lipinski definition) is 3. The van der Waals surface area contributed by atoms with Gasteiger partial charge in [-0.25, -0.2) is 4.98 Å². The topological polar surface area (TPSA) is 25.4 Å². The molecule has 64 valence electrons. The Labute approximate surface area is 72.0 Å². The molecule has 1 aliphatic rings. The van der Waals surface area contributed by atoms with Crippen LogP contribution in [0.25, 0.3) is 0 Å². The Morgan fingerprint density at radius 1 is 1.67 bits per heavy atom. The van der Waals surface area contributed by atoms with E-state index in [0.717, 1.165) is 18.2 Å². The average molecular weight is 164 g/mol. The molecule has 0 spiro atoms. The second kappa shape index (κ2) is 2.66. The van der Waals surface area contributed by atoms with Gasteiger partial charge in [-0.2, -0.15) is 0 Å². The molecule has 0 amide bonds. The van der Waals surface area contributed by atoms with Gasteiger partial charge in [0, 0.05) is 13.2 Å². The Bertz CT molecular complexity index is 288. The van der Waals surface area contributed by atoms with Crippen LogP contribution < -0.4 is 9.64 Å². The van der Waals surface area contributed by atoms with Crippen molar-refractivity contribution in [3.63, 3.8) is 0 Å². The number of rotatable bonds is 0. The molecule has 1 aromatic rings. The molecule has 1 aromatic heterocycles. The number of aromatic nitrogens is 1. The molecule has 1 atom stereocenters. The first-order valence-corrected chi connectivity index (χ1v) is 4.09. The maximum Gasteiger partial charge on any atom is 0.237 e. The van der Waals surface area contributed by atoms with Crippen LogP contribution in [0.2, 0.25) is 0 Å². The van der Waals surface area contributed by atoms with Crippen LogP contribution in [0.15, 0.2) is 18.3 Å². The van der Waals surface area contributed by atoms with E-state index in [1.54, 1.807) is 6.20 Å². The fourth-order valence-corrected chi connectivity index (χ4v) is 1.31. The number of hydrogen-bond donors (Lipinski definition) is 0. The van der Waals surface area contributed by atoms with E-state index in [0.29, 0.717) is 6.04 Å². The van der Waals surface area contributed by atoms with E-state index in [2.05, 4.69) is 23.9 Å².